The second kappa shape index (κ2) is 9.28. The number of likely N-dealkylation sites (tertiary alicyclic amines) is 1. The molecule has 1 unspecified atom stereocenters. The van der Waals surface area contributed by atoms with Gasteiger partial charge >= 0.3 is 0 Å². The van der Waals surface area contributed by atoms with Crippen LogP contribution in [0, 0.1) is 6.92 Å². The SMILES string of the molecule is CCC1CCCCN1C(=O)c1cc(C)nc(NCCN2CCOCC2)n1. The molecule has 0 aromatic carbocycles. The van der Waals surface area contributed by atoms with Gasteiger partial charge in [0.25, 0.3) is 5.91 Å². The lowest BCUT2D eigenvalue weighted by molar-refractivity contribution is 0.0398. The van der Waals surface area contributed by atoms with Gasteiger partial charge in [-0.25, -0.2) is 9.97 Å². The summed E-state index contributed by atoms with van der Waals surface area (Å²) in [5.41, 5.74) is 1.33. The fourth-order valence-corrected chi connectivity index (χ4v) is 3.75. The summed E-state index contributed by atoms with van der Waals surface area (Å²) in [7, 11) is 0. The summed E-state index contributed by atoms with van der Waals surface area (Å²) in [4.78, 5) is 26.3. The molecule has 1 amide bonds. The maximum atomic E-state index is 13.0. The molecule has 0 aliphatic carbocycles. The number of piperidine rings is 1. The zero-order valence-electron chi connectivity index (χ0n) is 16.0. The van der Waals surface area contributed by atoms with Crippen molar-refractivity contribution in [3.05, 3.63) is 17.5 Å². The van der Waals surface area contributed by atoms with Gasteiger partial charge in [-0.3, -0.25) is 9.69 Å². The Kier molecular flexibility index (Phi) is 6.80. The van der Waals surface area contributed by atoms with Crippen molar-refractivity contribution in [3.8, 4) is 0 Å². The summed E-state index contributed by atoms with van der Waals surface area (Å²) in [5, 5.41) is 3.28. The van der Waals surface area contributed by atoms with Gasteiger partial charge in [0.2, 0.25) is 5.95 Å². The van der Waals surface area contributed by atoms with Gasteiger partial charge in [-0.2, -0.15) is 0 Å². The Morgan fingerprint density at radius 3 is 2.85 bits per heavy atom. The summed E-state index contributed by atoms with van der Waals surface area (Å²) >= 11 is 0. The number of anilines is 1. The molecule has 144 valence electrons. The summed E-state index contributed by atoms with van der Waals surface area (Å²) in [6, 6.07) is 2.14. The third kappa shape index (κ3) is 4.92. The highest BCUT2D eigenvalue weighted by atomic mass is 16.5. The predicted octanol–water partition coefficient (Wildman–Crippen LogP) is 1.93. The molecule has 0 bridgehead atoms. The van der Waals surface area contributed by atoms with Crippen LogP contribution in [0.3, 0.4) is 0 Å². The molecule has 1 aromatic heterocycles. The molecule has 0 spiro atoms. The molecule has 7 heteroatoms. The number of aryl methyl sites for hydroxylation is 1. The Morgan fingerprint density at radius 1 is 1.27 bits per heavy atom. The number of ether oxygens (including phenoxy) is 1. The first-order valence-corrected chi connectivity index (χ1v) is 9.88. The Hall–Kier alpha value is -1.73. The highest BCUT2D eigenvalue weighted by molar-refractivity contribution is 5.93. The number of carbonyl (C=O) groups is 1. The first-order valence-electron chi connectivity index (χ1n) is 9.88. The molecule has 1 atom stereocenters. The molecule has 0 saturated carbocycles. The number of hydrogen-bond donors (Lipinski definition) is 1. The molecule has 3 heterocycles. The topological polar surface area (TPSA) is 70.6 Å². The van der Waals surface area contributed by atoms with E-state index in [0.717, 1.165) is 70.9 Å². The van der Waals surface area contributed by atoms with Crippen LogP contribution in [0.25, 0.3) is 0 Å². The maximum absolute atomic E-state index is 13.0. The van der Waals surface area contributed by atoms with E-state index in [1.165, 1.54) is 6.42 Å². The molecule has 2 saturated heterocycles. The van der Waals surface area contributed by atoms with Gasteiger partial charge in [0, 0.05) is 44.5 Å². The van der Waals surface area contributed by atoms with E-state index in [4.69, 9.17) is 4.74 Å². The van der Waals surface area contributed by atoms with Crippen LogP contribution in [0.4, 0.5) is 5.95 Å². The molecule has 0 radical (unpaired) electrons. The van der Waals surface area contributed by atoms with Crippen molar-refractivity contribution in [2.45, 2.75) is 45.6 Å². The number of amides is 1. The third-order valence-electron chi connectivity index (χ3n) is 5.25. The minimum atomic E-state index is 0.0401. The van der Waals surface area contributed by atoms with E-state index in [1.807, 2.05) is 11.8 Å². The quantitative estimate of drug-likeness (QED) is 0.835. The molecule has 1 aromatic rings. The van der Waals surface area contributed by atoms with Gasteiger partial charge in [0.05, 0.1) is 13.2 Å². The van der Waals surface area contributed by atoms with E-state index in [9.17, 15) is 4.79 Å². The van der Waals surface area contributed by atoms with E-state index in [0.29, 0.717) is 17.7 Å². The Morgan fingerprint density at radius 2 is 2.08 bits per heavy atom. The lowest BCUT2D eigenvalue weighted by atomic mass is 9.99. The number of nitrogens with one attached hydrogen (secondary N) is 1. The lowest BCUT2D eigenvalue weighted by Gasteiger charge is -2.35. The van der Waals surface area contributed by atoms with Crippen LogP contribution in [-0.4, -0.2) is 77.7 Å². The van der Waals surface area contributed by atoms with Gasteiger partial charge in [-0.05, 0) is 38.7 Å². The van der Waals surface area contributed by atoms with Crippen molar-refractivity contribution in [1.29, 1.82) is 0 Å². The van der Waals surface area contributed by atoms with E-state index >= 15 is 0 Å². The number of morpholine rings is 1. The van der Waals surface area contributed by atoms with E-state index in [-0.39, 0.29) is 5.91 Å². The van der Waals surface area contributed by atoms with Crippen LogP contribution in [0.2, 0.25) is 0 Å². The van der Waals surface area contributed by atoms with Gasteiger partial charge in [-0.15, -0.1) is 0 Å². The summed E-state index contributed by atoms with van der Waals surface area (Å²) < 4.78 is 5.37. The van der Waals surface area contributed by atoms with Crippen molar-refractivity contribution in [2.24, 2.45) is 0 Å². The molecule has 1 N–H and O–H groups in total. The average molecular weight is 361 g/mol. The fraction of sp³-hybridized carbons (Fsp3) is 0.737. The van der Waals surface area contributed by atoms with Crippen molar-refractivity contribution in [2.75, 3.05) is 51.3 Å². The molecular weight excluding hydrogens is 330 g/mol. The average Bonchev–Trinajstić information content (AvgIpc) is 2.68. The Bertz CT molecular complexity index is 604. The van der Waals surface area contributed by atoms with Gasteiger partial charge in [-0.1, -0.05) is 6.92 Å². The molecule has 26 heavy (non-hydrogen) atoms. The molecular formula is C19H31N5O2. The second-order valence-electron chi connectivity index (χ2n) is 7.16. The standard InChI is InChI=1S/C19H31N5O2/c1-3-16-6-4-5-8-24(16)18(25)17-14-15(2)21-19(22-17)20-7-9-23-10-12-26-13-11-23/h14,16H,3-13H2,1-2H3,(H,20,21,22). The highest BCUT2D eigenvalue weighted by Gasteiger charge is 2.27. The first kappa shape index (κ1) is 19.0. The summed E-state index contributed by atoms with van der Waals surface area (Å²) in [6.07, 6.45) is 4.38. The van der Waals surface area contributed by atoms with Crippen LogP contribution in [0.5, 0.6) is 0 Å². The van der Waals surface area contributed by atoms with Crippen LogP contribution in [0.15, 0.2) is 6.07 Å². The van der Waals surface area contributed by atoms with Gasteiger partial charge in [0.1, 0.15) is 5.69 Å². The zero-order chi connectivity index (χ0) is 18.4. The summed E-state index contributed by atoms with van der Waals surface area (Å²) in [5.74, 6) is 0.588. The zero-order valence-corrected chi connectivity index (χ0v) is 16.0. The third-order valence-corrected chi connectivity index (χ3v) is 5.25. The predicted molar refractivity (Wildman–Crippen MR) is 101 cm³/mol. The molecule has 3 rings (SSSR count). The number of carbonyl (C=O) groups excluding carboxylic acids is 1. The van der Waals surface area contributed by atoms with Crippen molar-refractivity contribution in [3.63, 3.8) is 0 Å². The van der Waals surface area contributed by atoms with Crippen molar-refractivity contribution >= 4 is 11.9 Å². The van der Waals surface area contributed by atoms with Crippen molar-refractivity contribution < 1.29 is 9.53 Å². The molecule has 2 aliphatic heterocycles. The number of aromatic nitrogens is 2. The smallest absolute Gasteiger partial charge is 0.272 e. The minimum Gasteiger partial charge on any atom is -0.379 e. The minimum absolute atomic E-state index is 0.0401. The normalized spacial score (nSPS) is 21.6. The van der Waals surface area contributed by atoms with Crippen LogP contribution in [0.1, 0.15) is 48.8 Å². The van der Waals surface area contributed by atoms with Gasteiger partial charge < -0.3 is 15.0 Å². The fourth-order valence-electron chi connectivity index (χ4n) is 3.75. The first-order chi connectivity index (χ1) is 12.7. The Balaban J connectivity index is 1.61. The molecule has 2 fully saturated rings. The Labute approximate surface area is 156 Å². The van der Waals surface area contributed by atoms with E-state index < -0.39 is 0 Å². The van der Waals surface area contributed by atoms with E-state index in [1.54, 1.807) is 6.07 Å². The molecule has 2 aliphatic rings. The van der Waals surface area contributed by atoms with E-state index in [2.05, 4.69) is 27.1 Å². The molecule has 7 nitrogen and oxygen atoms in total. The van der Waals surface area contributed by atoms with Crippen LogP contribution >= 0.6 is 0 Å². The van der Waals surface area contributed by atoms with Gasteiger partial charge in [0.15, 0.2) is 0 Å². The van der Waals surface area contributed by atoms with Crippen LogP contribution in [-0.2, 0) is 4.74 Å². The maximum Gasteiger partial charge on any atom is 0.272 e. The summed E-state index contributed by atoms with van der Waals surface area (Å²) in [6.45, 7) is 10.1. The monoisotopic (exact) mass is 361 g/mol. The number of rotatable bonds is 6. The number of hydrogen-bond acceptors (Lipinski definition) is 6. The lowest BCUT2D eigenvalue weighted by Crippen LogP contribution is -2.43. The highest BCUT2D eigenvalue weighted by Crippen LogP contribution is 2.21. The van der Waals surface area contributed by atoms with Crippen LogP contribution < -0.4 is 5.32 Å². The largest absolute Gasteiger partial charge is 0.379 e. The second-order valence-corrected chi connectivity index (χ2v) is 7.16. The number of nitrogens with zero attached hydrogens (tertiary/aromatic N) is 4. The van der Waals surface area contributed by atoms with Crippen molar-refractivity contribution in [1.82, 2.24) is 19.8 Å².